The zero-order valence-corrected chi connectivity index (χ0v) is 11.7. The van der Waals surface area contributed by atoms with Crippen molar-refractivity contribution in [2.45, 2.75) is 0 Å². The van der Waals surface area contributed by atoms with Crippen molar-refractivity contribution in [2.24, 2.45) is 0 Å². The summed E-state index contributed by atoms with van der Waals surface area (Å²) in [5.41, 5.74) is 1.44. The molecule has 1 heterocycles. The first kappa shape index (κ1) is 14.0. The molecule has 0 unspecified atom stereocenters. The average Bonchev–Trinajstić information content (AvgIpc) is 2.53. The number of methoxy groups -OCH3 is 1. The van der Waals surface area contributed by atoms with E-state index in [9.17, 15) is 14.3 Å². The third kappa shape index (κ3) is 2.37. The zero-order chi connectivity index (χ0) is 15.7. The normalized spacial score (nSPS) is 10.6. The maximum absolute atomic E-state index is 13.4. The van der Waals surface area contributed by atoms with Crippen LogP contribution in [0.15, 0.2) is 48.5 Å². The molecule has 22 heavy (non-hydrogen) atoms. The van der Waals surface area contributed by atoms with E-state index in [1.54, 1.807) is 24.3 Å². The molecule has 110 valence electrons. The summed E-state index contributed by atoms with van der Waals surface area (Å²) in [5.74, 6) is -0.981. The highest BCUT2D eigenvalue weighted by molar-refractivity contribution is 6.03. The largest absolute Gasteiger partial charge is 0.496 e. The number of carbonyl (C=O) groups is 1. The first-order chi connectivity index (χ1) is 10.6. The van der Waals surface area contributed by atoms with Gasteiger partial charge in [-0.25, -0.2) is 14.2 Å². The van der Waals surface area contributed by atoms with Gasteiger partial charge >= 0.3 is 5.97 Å². The van der Waals surface area contributed by atoms with Crippen LogP contribution >= 0.6 is 0 Å². The predicted molar refractivity (Wildman–Crippen MR) is 80.6 cm³/mol. The molecule has 0 radical (unpaired) electrons. The van der Waals surface area contributed by atoms with E-state index in [-0.39, 0.29) is 5.56 Å². The molecule has 0 atom stereocenters. The lowest BCUT2D eigenvalue weighted by Crippen LogP contribution is -2.01. The Bertz CT molecular complexity index is 877. The standard InChI is InChI=1S/C17H12FNO3/c1-22-16-5-3-2-4-12(16)15-9-13(17(20)21)11-7-6-10(18)8-14(11)19-15/h2-9H,1H3,(H,20,21). The molecular formula is C17H12FNO3. The van der Waals surface area contributed by atoms with Gasteiger partial charge in [0.05, 0.1) is 23.9 Å². The number of pyridine rings is 1. The zero-order valence-electron chi connectivity index (χ0n) is 11.7. The van der Waals surface area contributed by atoms with Crippen LogP contribution in [-0.4, -0.2) is 23.2 Å². The molecule has 0 spiro atoms. The highest BCUT2D eigenvalue weighted by Crippen LogP contribution is 2.31. The van der Waals surface area contributed by atoms with Gasteiger partial charge in [-0.3, -0.25) is 0 Å². The molecule has 0 fully saturated rings. The molecule has 3 aromatic rings. The van der Waals surface area contributed by atoms with E-state index in [0.717, 1.165) is 0 Å². The van der Waals surface area contributed by atoms with Crippen LogP contribution < -0.4 is 4.74 Å². The van der Waals surface area contributed by atoms with Gasteiger partial charge in [-0.15, -0.1) is 0 Å². The molecule has 3 rings (SSSR count). The minimum absolute atomic E-state index is 0.0749. The van der Waals surface area contributed by atoms with Gasteiger partial charge in [-0.2, -0.15) is 0 Å². The monoisotopic (exact) mass is 297 g/mol. The van der Waals surface area contributed by atoms with Crippen molar-refractivity contribution in [3.8, 4) is 17.0 Å². The third-order valence-corrected chi connectivity index (χ3v) is 3.39. The van der Waals surface area contributed by atoms with E-state index in [2.05, 4.69) is 4.98 Å². The number of hydrogen-bond acceptors (Lipinski definition) is 3. The molecule has 2 aromatic carbocycles. The molecular weight excluding hydrogens is 285 g/mol. The Labute approximate surface area is 125 Å². The molecule has 0 saturated heterocycles. The highest BCUT2D eigenvalue weighted by atomic mass is 19.1. The highest BCUT2D eigenvalue weighted by Gasteiger charge is 2.15. The predicted octanol–water partition coefficient (Wildman–Crippen LogP) is 3.75. The molecule has 0 aliphatic carbocycles. The Hall–Kier alpha value is -2.95. The summed E-state index contributed by atoms with van der Waals surface area (Å²) >= 11 is 0. The molecule has 0 amide bonds. The maximum Gasteiger partial charge on any atom is 0.336 e. The second kappa shape index (κ2) is 5.44. The van der Waals surface area contributed by atoms with Crippen molar-refractivity contribution >= 4 is 16.9 Å². The third-order valence-electron chi connectivity index (χ3n) is 3.39. The number of hydrogen-bond donors (Lipinski definition) is 1. The molecule has 4 nitrogen and oxygen atoms in total. The summed E-state index contributed by atoms with van der Waals surface area (Å²) < 4.78 is 18.7. The molecule has 0 bridgehead atoms. The van der Waals surface area contributed by atoms with Crippen LogP contribution in [0.25, 0.3) is 22.2 Å². The molecule has 1 aromatic heterocycles. The number of carboxylic acids is 1. The van der Waals surface area contributed by atoms with Gasteiger partial charge in [0.2, 0.25) is 0 Å². The number of rotatable bonds is 3. The fourth-order valence-corrected chi connectivity index (χ4v) is 2.37. The van der Waals surface area contributed by atoms with Gasteiger partial charge in [0, 0.05) is 17.0 Å². The van der Waals surface area contributed by atoms with Crippen LogP contribution in [0.2, 0.25) is 0 Å². The van der Waals surface area contributed by atoms with Gasteiger partial charge in [0.15, 0.2) is 0 Å². The summed E-state index contributed by atoms with van der Waals surface area (Å²) in [5, 5.41) is 9.79. The average molecular weight is 297 g/mol. The van der Waals surface area contributed by atoms with Gasteiger partial charge < -0.3 is 9.84 Å². The molecule has 0 saturated carbocycles. The quantitative estimate of drug-likeness (QED) is 0.800. The molecule has 0 aliphatic rings. The van der Waals surface area contributed by atoms with Crippen molar-refractivity contribution in [2.75, 3.05) is 7.11 Å². The number of aromatic carboxylic acids is 1. The molecule has 5 heteroatoms. The minimum Gasteiger partial charge on any atom is -0.496 e. The van der Waals surface area contributed by atoms with Gasteiger partial charge in [-0.1, -0.05) is 12.1 Å². The van der Waals surface area contributed by atoms with E-state index in [1.165, 1.54) is 31.4 Å². The first-order valence-electron chi connectivity index (χ1n) is 6.57. The summed E-state index contributed by atoms with van der Waals surface area (Å²) in [4.78, 5) is 15.9. The van der Waals surface area contributed by atoms with Gasteiger partial charge in [-0.05, 0) is 30.3 Å². The minimum atomic E-state index is -1.09. The Kier molecular flexibility index (Phi) is 3.47. The van der Waals surface area contributed by atoms with Crippen LogP contribution in [0.4, 0.5) is 4.39 Å². The number of fused-ring (bicyclic) bond motifs is 1. The van der Waals surface area contributed by atoms with Crippen molar-refractivity contribution in [1.29, 1.82) is 0 Å². The van der Waals surface area contributed by atoms with E-state index >= 15 is 0 Å². The van der Waals surface area contributed by atoms with E-state index in [0.29, 0.717) is 27.9 Å². The van der Waals surface area contributed by atoms with Gasteiger partial charge in [0.25, 0.3) is 0 Å². The molecule has 0 aliphatic heterocycles. The SMILES string of the molecule is COc1ccccc1-c1cc(C(=O)O)c2ccc(F)cc2n1. The maximum atomic E-state index is 13.4. The van der Waals surface area contributed by atoms with E-state index in [1.807, 2.05) is 0 Å². The fraction of sp³-hybridized carbons (Fsp3) is 0.0588. The van der Waals surface area contributed by atoms with Crippen molar-refractivity contribution < 1.29 is 19.0 Å². The summed E-state index contributed by atoms with van der Waals surface area (Å²) in [7, 11) is 1.53. The van der Waals surface area contributed by atoms with E-state index < -0.39 is 11.8 Å². The fourth-order valence-electron chi connectivity index (χ4n) is 2.37. The van der Waals surface area contributed by atoms with Gasteiger partial charge in [0.1, 0.15) is 11.6 Å². The topological polar surface area (TPSA) is 59.4 Å². The second-order valence-corrected chi connectivity index (χ2v) is 4.72. The Balaban J connectivity index is 2.33. The van der Waals surface area contributed by atoms with Crippen molar-refractivity contribution in [3.05, 3.63) is 59.9 Å². The number of nitrogens with zero attached hydrogens (tertiary/aromatic N) is 1. The van der Waals surface area contributed by atoms with Crippen molar-refractivity contribution in [1.82, 2.24) is 4.98 Å². The molecule has 1 N–H and O–H groups in total. The Morgan fingerprint density at radius 2 is 1.95 bits per heavy atom. The summed E-state index contributed by atoms with van der Waals surface area (Å²) in [6, 6.07) is 12.5. The summed E-state index contributed by atoms with van der Waals surface area (Å²) in [6.07, 6.45) is 0. The second-order valence-electron chi connectivity index (χ2n) is 4.72. The first-order valence-corrected chi connectivity index (χ1v) is 6.57. The number of ether oxygens (including phenoxy) is 1. The number of para-hydroxylation sites is 1. The number of aromatic nitrogens is 1. The number of carboxylic acid groups (broad SMARTS) is 1. The Morgan fingerprint density at radius 3 is 2.68 bits per heavy atom. The van der Waals surface area contributed by atoms with E-state index in [4.69, 9.17) is 4.74 Å². The van der Waals surface area contributed by atoms with Crippen LogP contribution in [0.1, 0.15) is 10.4 Å². The number of halogens is 1. The van der Waals surface area contributed by atoms with Crippen LogP contribution in [0.3, 0.4) is 0 Å². The lowest BCUT2D eigenvalue weighted by atomic mass is 10.0. The van der Waals surface area contributed by atoms with Crippen LogP contribution in [-0.2, 0) is 0 Å². The lowest BCUT2D eigenvalue weighted by molar-refractivity contribution is 0.0699. The van der Waals surface area contributed by atoms with Crippen LogP contribution in [0, 0.1) is 5.82 Å². The van der Waals surface area contributed by atoms with Crippen LogP contribution in [0.5, 0.6) is 5.75 Å². The number of benzene rings is 2. The Morgan fingerprint density at radius 1 is 1.18 bits per heavy atom. The lowest BCUT2D eigenvalue weighted by Gasteiger charge is -2.10. The summed E-state index contributed by atoms with van der Waals surface area (Å²) in [6.45, 7) is 0. The van der Waals surface area contributed by atoms with Crippen molar-refractivity contribution in [3.63, 3.8) is 0 Å². The smallest absolute Gasteiger partial charge is 0.336 e.